The minimum absolute atomic E-state index is 0.0557. The molecule has 2 nitrogen and oxygen atoms in total. The van der Waals surface area contributed by atoms with Crippen molar-refractivity contribution in [2.45, 2.75) is 57.6 Å². The predicted octanol–water partition coefficient (Wildman–Crippen LogP) is 2.87. The summed E-state index contributed by atoms with van der Waals surface area (Å²) in [5.74, 6) is 0. The number of unbranched alkanes of at least 4 members (excludes halogenated alkanes) is 6. The zero-order valence-electron chi connectivity index (χ0n) is 8.93. The Morgan fingerprint density at radius 2 is 1.62 bits per heavy atom. The number of rotatable bonds is 9. The van der Waals surface area contributed by atoms with Crippen LogP contribution in [0.5, 0.6) is 0 Å². The van der Waals surface area contributed by atoms with Crippen molar-refractivity contribution in [3.8, 4) is 0 Å². The normalized spacial score (nSPS) is 13.2. The highest BCUT2D eigenvalue weighted by Crippen LogP contribution is 2.08. The van der Waals surface area contributed by atoms with Gasteiger partial charge in [-0.1, -0.05) is 45.4 Å². The van der Waals surface area contributed by atoms with E-state index in [0.29, 0.717) is 0 Å². The van der Waals surface area contributed by atoms with Crippen LogP contribution in [0.1, 0.15) is 51.4 Å². The Bertz CT molecular complexity index is 96.1. The van der Waals surface area contributed by atoms with Gasteiger partial charge in [-0.05, 0) is 12.8 Å². The van der Waals surface area contributed by atoms with Crippen molar-refractivity contribution in [2.75, 3.05) is 7.11 Å². The van der Waals surface area contributed by atoms with E-state index in [1.54, 1.807) is 7.11 Å². The summed E-state index contributed by atoms with van der Waals surface area (Å²) in [5, 5.41) is 0. The standard InChI is InChI=1S/C11H24NO/c1-3-4-5-6-7-8-9-10-11(12)13-2/h11H,1,3-10,12H2,2H3. The third kappa shape index (κ3) is 9.84. The molecule has 79 valence electrons. The van der Waals surface area contributed by atoms with Gasteiger partial charge in [0, 0.05) is 7.11 Å². The molecule has 2 N–H and O–H groups in total. The van der Waals surface area contributed by atoms with Crippen molar-refractivity contribution >= 4 is 0 Å². The molecular formula is C11H24NO. The molecule has 13 heavy (non-hydrogen) atoms. The summed E-state index contributed by atoms with van der Waals surface area (Å²) in [6.07, 6.45) is 9.78. The van der Waals surface area contributed by atoms with Crippen LogP contribution in [0.25, 0.3) is 0 Å². The molecule has 0 aromatic heterocycles. The van der Waals surface area contributed by atoms with Gasteiger partial charge >= 0.3 is 0 Å². The van der Waals surface area contributed by atoms with Gasteiger partial charge in [0.15, 0.2) is 0 Å². The van der Waals surface area contributed by atoms with Crippen molar-refractivity contribution in [3.63, 3.8) is 0 Å². The van der Waals surface area contributed by atoms with Crippen molar-refractivity contribution in [3.05, 3.63) is 6.92 Å². The van der Waals surface area contributed by atoms with E-state index in [0.717, 1.165) is 12.8 Å². The van der Waals surface area contributed by atoms with Crippen LogP contribution >= 0.6 is 0 Å². The molecule has 1 radical (unpaired) electrons. The molecule has 0 saturated carbocycles. The zero-order chi connectivity index (χ0) is 9.94. The molecule has 0 heterocycles. The van der Waals surface area contributed by atoms with Crippen LogP contribution in [0.3, 0.4) is 0 Å². The number of nitrogens with two attached hydrogens (primary N) is 1. The van der Waals surface area contributed by atoms with E-state index < -0.39 is 0 Å². The number of methoxy groups -OCH3 is 1. The average Bonchev–Trinajstić information content (AvgIpc) is 2.16. The van der Waals surface area contributed by atoms with Crippen molar-refractivity contribution in [1.29, 1.82) is 0 Å². The zero-order valence-corrected chi connectivity index (χ0v) is 8.93. The van der Waals surface area contributed by atoms with Gasteiger partial charge in [0.05, 0.1) is 0 Å². The second-order valence-corrected chi connectivity index (χ2v) is 3.54. The summed E-state index contributed by atoms with van der Waals surface area (Å²) in [5.41, 5.74) is 5.60. The first-order valence-electron chi connectivity index (χ1n) is 5.39. The first-order chi connectivity index (χ1) is 6.31. The van der Waals surface area contributed by atoms with Crippen LogP contribution < -0.4 is 5.73 Å². The monoisotopic (exact) mass is 186 g/mol. The van der Waals surface area contributed by atoms with Crippen molar-refractivity contribution in [1.82, 2.24) is 0 Å². The molecular weight excluding hydrogens is 162 g/mol. The first-order valence-corrected chi connectivity index (χ1v) is 5.39. The summed E-state index contributed by atoms with van der Waals surface area (Å²) < 4.78 is 4.96. The number of hydrogen-bond donors (Lipinski definition) is 1. The molecule has 1 unspecified atom stereocenters. The molecule has 2 heteroatoms. The topological polar surface area (TPSA) is 35.2 Å². The maximum Gasteiger partial charge on any atom is 0.105 e. The fourth-order valence-electron chi connectivity index (χ4n) is 1.35. The van der Waals surface area contributed by atoms with Crippen LogP contribution in [0.15, 0.2) is 0 Å². The second-order valence-electron chi connectivity index (χ2n) is 3.54. The molecule has 0 spiro atoms. The van der Waals surface area contributed by atoms with E-state index in [9.17, 15) is 0 Å². The quantitative estimate of drug-likeness (QED) is 0.444. The Kier molecular flexibility index (Phi) is 9.94. The Hall–Kier alpha value is -0.0800. The van der Waals surface area contributed by atoms with Gasteiger partial charge in [0.2, 0.25) is 0 Å². The third-order valence-corrected chi connectivity index (χ3v) is 2.29. The second kappa shape index (κ2) is 10.0. The van der Waals surface area contributed by atoms with Crippen molar-refractivity contribution in [2.24, 2.45) is 5.73 Å². The molecule has 0 aromatic carbocycles. The molecule has 0 aliphatic heterocycles. The Labute approximate surface area is 82.8 Å². The molecule has 0 fully saturated rings. The van der Waals surface area contributed by atoms with Crippen LogP contribution in [0.4, 0.5) is 0 Å². The van der Waals surface area contributed by atoms with Gasteiger partial charge < -0.3 is 10.5 Å². The lowest BCUT2D eigenvalue weighted by Crippen LogP contribution is -2.21. The highest BCUT2D eigenvalue weighted by molar-refractivity contribution is 4.50. The highest BCUT2D eigenvalue weighted by atomic mass is 16.5. The van der Waals surface area contributed by atoms with E-state index in [1.165, 1.54) is 38.5 Å². The van der Waals surface area contributed by atoms with Crippen LogP contribution in [-0.2, 0) is 4.74 Å². The average molecular weight is 186 g/mol. The lowest BCUT2D eigenvalue weighted by Gasteiger charge is -2.08. The third-order valence-electron chi connectivity index (χ3n) is 2.29. The summed E-state index contributed by atoms with van der Waals surface area (Å²) in [6, 6.07) is 0. The smallest absolute Gasteiger partial charge is 0.105 e. The fraction of sp³-hybridized carbons (Fsp3) is 0.909. The van der Waals surface area contributed by atoms with Crippen LogP contribution in [-0.4, -0.2) is 13.3 Å². The highest BCUT2D eigenvalue weighted by Gasteiger charge is 1.98. The molecule has 0 bridgehead atoms. The maximum atomic E-state index is 5.60. The summed E-state index contributed by atoms with van der Waals surface area (Å²) in [7, 11) is 1.67. The minimum atomic E-state index is -0.0557. The largest absolute Gasteiger partial charge is 0.367 e. The SMILES string of the molecule is [CH2]CCCCCCCCC(N)OC. The molecule has 0 aliphatic rings. The van der Waals surface area contributed by atoms with Gasteiger partial charge in [0.1, 0.15) is 6.23 Å². The van der Waals surface area contributed by atoms with Gasteiger partial charge in [-0.3, -0.25) is 0 Å². The van der Waals surface area contributed by atoms with E-state index in [4.69, 9.17) is 10.5 Å². The van der Waals surface area contributed by atoms with E-state index in [-0.39, 0.29) is 6.23 Å². The van der Waals surface area contributed by atoms with E-state index in [2.05, 4.69) is 6.92 Å². The minimum Gasteiger partial charge on any atom is -0.367 e. The van der Waals surface area contributed by atoms with Crippen LogP contribution in [0.2, 0.25) is 0 Å². The molecule has 1 atom stereocenters. The van der Waals surface area contributed by atoms with Gasteiger partial charge in [0.25, 0.3) is 0 Å². The molecule has 0 rings (SSSR count). The molecule has 0 amide bonds. The molecule has 0 aliphatic carbocycles. The fourth-order valence-corrected chi connectivity index (χ4v) is 1.35. The van der Waals surface area contributed by atoms with E-state index in [1.807, 2.05) is 0 Å². The Morgan fingerprint density at radius 3 is 2.15 bits per heavy atom. The first kappa shape index (κ1) is 12.9. The summed E-state index contributed by atoms with van der Waals surface area (Å²) in [4.78, 5) is 0. The Morgan fingerprint density at radius 1 is 1.08 bits per heavy atom. The summed E-state index contributed by atoms with van der Waals surface area (Å²) in [6.45, 7) is 3.82. The lowest BCUT2D eigenvalue weighted by molar-refractivity contribution is 0.0983. The molecule has 0 aromatic rings. The van der Waals surface area contributed by atoms with Crippen LogP contribution in [0, 0.1) is 6.92 Å². The Balaban J connectivity index is 2.91. The van der Waals surface area contributed by atoms with E-state index >= 15 is 0 Å². The molecule has 0 saturated heterocycles. The number of hydrogen-bond acceptors (Lipinski definition) is 2. The van der Waals surface area contributed by atoms with Gasteiger partial charge in [-0.2, -0.15) is 0 Å². The summed E-state index contributed by atoms with van der Waals surface area (Å²) >= 11 is 0. The predicted molar refractivity (Wildman–Crippen MR) is 57.3 cm³/mol. The number of ether oxygens (including phenoxy) is 1. The maximum absolute atomic E-state index is 5.60. The van der Waals surface area contributed by atoms with Gasteiger partial charge in [-0.15, -0.1) is 0 Å². The lowest BCUT2D eigenvalue weighted by atomic mass is 10.1. The van der Waals surface area contributed by atoms with Gasteiger partial charge in [-0.25, -0.2) is 0 Å². The van der Waals surface area contributed by atoms with Crippen molar-refractivity contribution < 1.29 is 4.74 Å².